The van der Waals surface area contributed by atoms with Crippen LogP contribution < -0.4 is 5.32 Å². The van der Waals surface area contributed by atoms with E-state index in [0.29, 0.717) is 6.61 Å². The summed E-state index contributed by atoms with van der Waals surface area (Å²) >= 11 is 0. The summed E-state index contributed by atoms with van der Waals surface area (Å²) in [4.78, 5) is 12.2. The van der Waals surface area contributed by atoms with E-state index < -0.39 is 17.6 Å². The number of amides is 1. The van der Waals surface area contributed by atoms with Crippen LogP contribution in [-0.4, -0.2) is 24.7 Å². The molecule has 1 fully saturated rings. The van der Waals surface area contributed by atoms with Crippen LogP contribution in [0.3, 0.4) is 0 Å². The molecule has 2 atom stereocenters. The van der Waals surface area contributed by atoms with Gasteiger partial charge in [0.25, 0.3) is 5.91 Å². The number of nitrogens with one attached hydrogen (secondary N) is 1. The third-order valence-electron chi connectivity index (χ3n) is 4.19. The van der Waals surface area contributed by atoms with E-state index in [9.17, 15) is 18.0 Å². The number of carbonyl (C=O) groups is 1. The van der Waals surface area contributed by atoms with Crippen molar-refractivity contribution in [1.82, 2.24) is 5.32 Å². The van der Waals surface area contributed by atoms with Gasteiger partial charge in [-0.1, -0.05) is 12.1 Å². The Kier molecular flexibility index (Phi) is 4.85. The molecule has 2 heterocycles. The lowest BCUT2D eigenvalue weighted by molar-refractivity contribution is -0.137. The average Bonchev–Trinajstić information content (AvgIpc) is 3.26. The highest BCUT2D eigenvalue weighted by Crippen LogP contribution is 2.32. The molecule has 1 saturated heterocycles. The predicted octanol–water partition coefficient (Wildman–Crippen LogP) is 4.26. The fraction of sp³-hybridized carbons (Fsp3) is 0.389. The van der Waals surface area contributed by atoms with Gasteiger partial charge in [-0.3, -0.25) is 4.79 Å². The minimum Gasteiger partial charge on any atom is -0.451 e. The Morgan fingerprint density at radius 2 is 2.08 bits per heavy atom. The summed E-state index contributed by atoms with van der Waals surface area (Å²) in [6.07, 6.45) is -2.61. The first-order chi connectivity index (χ1) is 11.8. The smallest absolute Gasteiger partial charge is 0.416 e. The maximum Gasteiger partial charge on any atom is 0.416 e. The average molecular weight is 353 g/mol. The zero-order valence-corrected chi connectivity index (χ0v) is 13.6. The first-order valence-corrected chi connectivity index (χ1v) is 8.04. The first kappa shape index (κ1) is 17.5. The number of halogens is 3. The van der Waals surface area contributed by atoms with Gasteiger partial charge in [0, 0.05) is 12.2 Å². The van der Waals surface area contributed by atoms with E-state index in [0.717, 1.165) is 25.0 Å². The number of hydrogen-bond donors (Lipinski definition) is 1. The van der Waals surface area contributed by atoms with E-state index in [1.165, 1.54) is 24.3 Å². The molecule has 1 aliphatic heterocycles. The molecule has 3 rings (SSSR count). The molecular formula is C18H18F3NO3. The van der Waals surface area contributed by atoms with Crippen molar-refractivity contribution in [1.29, 1.82) is 0 Å². The van der Waals surface area contributed by atoms with Crippen LogP contribution >= 0.6 is 0 Å². The van der Waals surface area contributed by atoms with Gasteiger partial charge in [0.1, 0.15) is 5.76 Å². The van der Waals surface area contributed by atoms with Gasteiger partial charge in [0.15, 0.2) is 5.76 Å². The Bertz CT molecular complexity index is 748. The molecular weight excluding hydrogens is 335 g/mol. The second kappa shape index (κ2) is 6.92. The molecule has 0 saturated carbocycles. The molecule has 0 aliphatic carbocycles. The highest BCUT2D eigenvalue weighted by molar-refractivity contribution is 5.92. The molecule has 25 heavy (non-hydrogen) atoms. The molecule has 2 aromatic rings. The summed E-state index contributed by atoms with van der Waals surface area (Å²) < 4.78 is 49.4. The summed E-state index contributed by atoms with van der Waals surface area (Å²) in [6.45, 7) is 2.54. The number of ether oxygens (including phenoxy) is 1. The molecule has 1 aromatic heterocycles. The largest absolute Gasteiger partial charge is 0.451 e. The number of alkyl halides is 3. The fourth-order valence-electron chi connectivity index (χ4n) is 2.83. The van der Waals surface area contributed by atoms with Crippen molar-refractivity contribution in [2.75, 3.05) is 6.61 Å². The molecule has 4 nitrogen and oxygen atoms in total. The molecule has 1 aliphatic rings. The van der Waals surface area contributed by atoms with Crippen LogP contribution in [0.2, 0.25) is 0 Å². The highest BCUT2D eigenvalue weighted by atomic mass is 19.4. The lowest BCUT2D eigenvalue weighted by atomic mass is 10.1. The Morgan fingerprint density at radius 3 is 2.76 bits per heavy atom. The number of hydrogen-bond acceptors (Lipinski definition) is 3. The molecule has 1 aromatic carbocycles. The van der Waals surface area contributed by atoms with Gasteiger partial charge >= 0.3 is 6.18 Å². The van der Waals surface area contributed by atoms with Crippen LogP contribution in [0.5, 0.6) is 0 Å². The van der Waals surface area contributed by atoms with Crippen molar-refractivity contribution in [3.05, 3.63) is 47.7 Å². The van der Waals surface area contributed by atoms with Gasteiger partial charge in [-0.15, -0.1) is 0 Å². The van der Waals surface area contributed by atoms with Crippen LogP contribution in [0, 0.1) is 0 Å². The van der Waals surface area contributed by atoms with Crippen LogP contribution in [0.25, 0.3) is 11.3 Å². The van der Waals surface area contributed by atoms with E-state index in [1.807, 2.05) is 6.92 Å². The molecule has 134 valence electrons. The standard InChI is InChI=1S/C18H18F3NO3/c1-11(14-6-3-9-24-14)22-17(23)16-8-7-15(25-16)12-4-2-5-13(10-12)18(19,20)21/h2,4-5,7-8,10-11,14H,3,6,9H2,1H3,(H,22,23)/t11-,14+/m0/s1. The van der Waals surface area contributed by atoms with E-state index in [2.05, 4.69) is 5.32 Å². The molecule has 1 amide bonds. The van der Waals surface area contributed by atoms with Gasteiger partial charge in [0.2, 0.25) is 0 Å². The zero-order chi connectivity index (χ0) is 18.0. The maximum atomic E-state index is 12.8. The van der Waals surface area contributed by atoms with Gasteiger partial charge in [-0.2, -0.15) is 13.2 Å². The minimum absolute atomic E-state index is 0.0261. The van der Waals surface area contributed by atoms with Gasteiger partial charge in [-0.05, 0) is 44.0 Å². The third kappa shape index (κ3) is 4.04. The van der Waals surface area contributed by atoms with E-state index in [1.54, 1.807) is 0 Å². The molecule has 7 heteroatoms. The Labute approximate surface area is 143 Å². The van der Waals surface area contributed by atoms with E-state index >= 15 is 0 Å². The SMILES string of the molecule is C[C@H](NC(=O)c1ccc(-c2cccc(C(F)(F)F)c2)o1)[C@H]1CCCO1. The lowest BCUT2D eigenvalue weighted by Gasteiger charge is -2.19. The fourth-order valence-corrected chi connectivity index (χ4v) is 2.83. The second-order valence-electron chi connectivity index (χ2n) is 6.06. The summed E-state index contributed by atoms with van der Waals surface area (Å²) in [5.74, 6) is -0.153. The number of carbonyl (C=O) groups excluding carboxylic acids is 1. The quantitative estimate of drug-likeness (QED) is 0.893. The predicted molar refractivity (Wildman–Crippen MR) is 85.0 cm³/mol. The highest BCUT2D eigenvalue weighted by Gasteiger charge is 2.31. The topological polar surface area (TPSA) is 51.5 Å². The van der Waals surface area contributed by atoms with Crippen LogP contribution in [-0.2, 0) is 10.9 Å². The normalized spacial score (nSPS) is 19.0. The van der Waals surface area contributed by atoms with Gasteiger partial charge in [0.05, 0.1) is 17.7 Å². The van der Waals surface area contributed by atoms with Crippen molar-refractivity contribution < 1.29 is 27.1 Å². The van der Waals surface area contributed by atoms with Crippen LogP contribution in [0.15, 0.2) is 40.8 Å². The Hall–Kier alpha value is -2.28. The molecule has 0 unspecified atom stereocenters. The van der Waals surface area contributed by atoms with Gasteiger partial charge < -0.3 is 14.5 Å². The lowest BCUT2D eigenvalue weighted by Crippen LogP contribution is -2.40. The van der Waals surface area contributed by atoms with Crippen LogP contribution in [0.4, 0.5) is 13.2 Å². The second-order valence-corrected chi connectivity index (χ2v) is 6.06. The number of benzene rings is 1. The maximum absolute atomic E-state index is 12.8. The summed E-state index contributed by atoms with van der Waals surface area (Å²) in [6, 6.07) is 7.56. The summed E-state index contributed by atoms with van der Waals surface area (Å²) in [5.41, 5.74) is -0.500. The van der Waals surface area contributed by atoms with E-state index in [-0.39, 0.29) is 29.2 Å². The molecule has 0 bridgehead atoms. The van der Waals surface area contributed by atoms with Crippen LogP contribution in [0.1, 0.15) is 35.9 Å². The first-order valence-electron chi connectivity index (χ1n) is 8.04. The zero-order valence-electron chi connectivity index (χ0n) is 13.6. The van der Waals surface area contributed by atoms with Crippen molar-refractivity contribution in [2.45, 2.75) is 38.1 Å². The van der Waals surface area contributed by atoms with Gasteiger partial charge in [-0.25, -0.2) is 0 Å². The number of furan rings is 1. The number of rotatable bonds is 4. The molecule has 0 spiro atoms. The minimum atomic E-state index is -4.43. The molecule has 0 radical (unpaired) electrons. The summed E-state index contributed by atoms with van der Waals surface area (Å²) in [5, 5.41) is 2.80. The third-order valence-corrected chi connectivity index (χ3v) is 4.19. The molecule has 1 N–H and O–H groups in total. The van der Waals surface area contributed by atoms with E-state index in [4.69, 9.17) is 9.15 Å². The van der Waals surface area contributed by atoms with Crippen molar-refractivity contribution in [3.63, 3.8) is 0 Å². The van der Waals surface area contributed by atoms with Crippen molar-refractivity contribution >= 4 is 5.91 Å². The summed E-state index contributed by atoms with van der Waals surface area (Å²) in [7, 11) is 0. The Balaban J connectivity index is 1.72. The monoisotopic (exact) mass is 353 g/mol. The van der Waals surface area contributed by atoms with Crippen molar-refractivity contribution in [2.24, 2.45) is 0 Å². The van der Waals surface area contributed by atoms with Crippen molar-refractivity contribution in [3.8, 4) is 11.3 Å². The Morgan fingerprint density at radius 1 is 1.28 bits per heavy atom.